The molecule has 5 nitrogen and oxygen atoms in total. The fraction of sp³-hybridized carbons (Fsp3) is 0.846. The minimum absolute atomic E-state index is 0.00694. The van der Waals surface area contributed by atoms with Crippen molar-refractivity contribution in [3.05, 3.63) is 0 Å². The lowest BCUT2D eigenvalue weighted by Gasteiger charge is -2.36. The van der Waals surface area contributed by atoms with Crippen LogP contribution >= 0.6 is 0 Å². The van der Waals surface area contributed by atoms with Gasteiger partial charge in [0, 0.05) is 13.0 Å². The molecule has 1 fully saturated rings. The number of rotatable bonds is 7. The van der Waals surface area contributed by atoms with Gasteiger partial charge in [0.15, 0.2) is 0 Å². The number of hydrogen-bond donors (Lipinski definition) is 3. The molecule has 0 atom stereocenters. The molecule has 5 heteroatoms. The van der Waals surface area contributed by atoms with Crippen molar-refractivity contribution < 1.29 is 14.7 Å². The van der Waals surface area contributed by atoms with Gasteiger partial charge in [-0.25, -0.2) is 0 Å². The molecular formula is C13H24N2O3. The van der Waals surface area contributed by atoms with Crippen molar-refractivity contribution in [1.29, 1.82) is 0 Å². The molecule has 0 heterocycles. The molecule has 0 aliphatic heterocycles. The molecule has 0 aromatic rings. The maximum atomic E-state index is 11.4. The lowest BCUT2D eigenvalue weighted by molar-refractivity contribution is -0.127. The fourth-order valence-corrected chi connectivity index (χ4v) is 1.77. The summed E-state index contributed by atoms with van der Waals surface area (Å²) in [5.74, 6) is 0.145. The monoisotopic (exact) mass is 256 g/mol. The highest BCUT2D eigenvalue weighted by Crippen LogP contribution is 2.30. The Kier molecular flexibility index (Phi) is 5.59. The van der Waals surface area contributed by atoms with Crippen molar-refractivity contribution in [3.63, 3.8) is 0 Å². The Balaban J connectivity index is 2.07. The van der Waals surface area contributed by atoms with E-state index in [-0.39, 0.29) is 24.9 Å². The SMILES string of the molecule is CC(C)CCC(=O)NCC(=O)NCC1(O)CCC1. The highest BCUT2D eigenvalue weighted by atomic mass is 16.3. The highest BCUT2D eigenvalue weighted by molar-refractivity contribution is 5.84. The molecule has 104 valence electrons. The average Bonchev–Trinajstić information content (AvgIpc) is 2.28. The Morgan fingerprint density at radius 3 is 2.39 bits per heavy atom. The number of carbonyl (C=O) groups is 2. The van der Waals surface area contributed by atoms with E-state index >= 15 is 0 Å². The van der Waals surface area contributed by atoms with E-state index in [9.17, 15) is 14.7 Å². The third kappa shape index (κ3) is 5.49. The standard InChI is InChI=1S/C13H24N2O3/c1-10(2)4-5-11(16)14-8-12(17)15-9-13(18)6-3-7-13/h10,18H,3-9H2,1-2H3,(H,14,16)(H,15,17). The van der Waals surface area contributed by atoms with Crippen molar-refractivity contribution in [3.8, 4) is 0 Å². The molecule has 0 spiro atoms. The van der Waals surface area contributed by atoms with Gasteiger partial charge in [0.2, 0.25) is 11.8 Å². The molecule has 0 aromatic carbocycles. The zero-order valence-electron chi connectivity index (χ0n) is 11.3. The number of nitrogens with one attached hydrogen (secondary N) is 2. The first-order chi connectivity index (χ1) is 8.41. The Morgan fingerprint density at radius 1 is 1.22 bits per heavy atom. The van der Waals surface area contributed by atoms with Crippen LogP contribution in [-0.4, -0.2) is 35.6 Å². The van der Waals surface area contributed by atoms with Crippen molar-refractivity contribution in [2.75, 3.05) is 13.1 Å². The molecule has 1 rings (SSSR count). The Morgan fingerprint density at radius 2 is 1.89 bits per heavy atom. The topological polar surface area (TPSA) is 78.4 Å². The Bertz CT molecular complexity index is 299. The summed E-state index contributed by atoms with van der Waals surface area (Å²) in [7, 11) is 0. The minimum atomic E-state index is -0.711. The van der Waals surface area contributed by atoms with Gasteiger partial charge in [-0.3, -0.25) is 9.59 Å². The predicted octanol–water partition coefficient (Wildman–Crippen LogP) is 0.570. The number of aliphatic hydroxyl groups is 1. The van der Waals surface area contributed by atoms with Crippen molar-refractivity contribution in [1.82, 2.24) is 10.6 Å². The second-order valence-electron chi connectivity index (χ2n) is 5.56. The van der Waals surface area contributed by atoms with Crippen LogP contribution in [0.25, 0.3) is 0 Å². The highest BCUT2D eigenvalue weighted by Gasteiger charge is 2.34. The summed E-state index contributed by atoms with van der Waals surface area (Å²) in [6, 6.07) is 0. The molecule has 1 aliphatic carbocycles. The first-order valence-electron chi connectivity index (χ1n) is 6.67. The van der Waals surface area contributed by atoms with Gasteiger partial charge in [-0.15, -0.1) is 0 Å². The van der Waals surface area contributed by atoms with Gasteiger partial charge < -0.3 is 15.7 Å². The zero-order chi connectivity index (χ0) is 13.6. The van der Waals surface area contributed by atoms with Crippen LogP contribution in [0.15, 0.2) is 0 Å². The maximum absolute atomic E-state index is 11.4. The van der Waals surface area contributed by atoms with Crippen LogP contribution < -0.4 is 10.6 Å². The lowest BCUT2D eigenvalue weighted by Crippen LogP contribution is -2.49. The van der Waals surface area contributed by atoms with Crippen LogP contribution in [0.1, 0.15) is 46.0 Å². The van der Waals surface area contributed by atoms with Crippen molar-refractivity contribution in [2.45, 2.75) is 51.6 Å². The van der Waals surface area contributed by atoms with Gasteiger partial charge in [-0.1, -0.05) is 13.8 Å². The molecule has 0 bridgehead atoms. The minimum Gasteiger partial charge on any atom is -0.388 e. The summed E-state index contributed by atoms with van der Waals surface area (Å²) < 4.78 is 0. The molecule has 3 N–H and O–H groups in total. The van der Waals surface area contributed by atoms with Gasteiger partial charge in [-0.05, 0) is 31.6 Å². The number of carbonyl (C=O) groups excluding carboxylic acids is 2. The maximum Gasteiger partial charge on any atom is 0.239 e. The quantitative estimate of drug-likeness (QED) is 0.623. The first kappa shape index (κ1) is 15.0. The average molecular weight is 256 g/mol. The Hall–Kier alpha value is -1.10. The number of amides is 2. The summed E-state index contributed by atoms with van der Waals surface area (Å²) in [6.45, 7) is 4.39. The van der Waals surface area contributed by atoms with E-state index in [1.165, 1.54) is 0 Å². The fourth-order valence-electron chi connectivity index (χ4n) is 1.77. The predicted molar refractivity (Wildman–Crippen MR) is 68.9 cm³/mol. The van der Waals surface area contributed by atoms with Gasteiger partial charge in [0.25, 0.3) is 0 Å². The molecule has 0 aromatic heterocycles. The van der Waals surface area contributed by atoms with E-state index in [2.05, 4.69) is 24.5 Å². The second kappa shape index (κ2) is 6.73. The van der Waals surface area contributed by atoms with Crippen molar-refractivity contribution in [2.24, 2.45) is 5.92 Å². The molecule has 0 radical (unpaired) electrons. The molecule has 0 saturated heterocycles. The van der Waals surface area contributed by atoms with Crippen LogP contribution in [0.5, 0.6) is 0 Å². The van der Waals surface area contributed by atoms with E-state index in [1.54, 1.807) is 0 Å². The van der Waals surface area contributed by atoms with Crippen LogP contribution in [0, 0.1) is 5.92 Å². The summed E-state index contributed by atoms with van der Waals surface area (Å²) in [5.41, 5.74) is -0.711. The van der Waals surface area contributed by atoms with E-state index in [0.29, 0.717) is 12.3 Å². The van der Waals surface area contributed by atoms with Crippen LogP contribution in [0.4, 0.5) is 0 Å². The molecular weight excluding hydrogens is 232 g/mol. The third-order valence-corrected chi connectivity index (χ3v) is 3.29. The summed E-state index contributed by atoms with van der Waals surface area (Å²) in [4.78, 5) is 22.8. The van der Waals surface area contributed by atoms with E-state index in [1.807, 2.05) is 0 Å². The van der Waals surface area contributed by atoms with Crippen LogP contribution in [-0.2, 0) is 9.59 Å². The van der Waals surface area contributed by atoms with Crippen molar-refractivity contribution >= 4 is 11.8 Å². The van der Waals surface area contributed by atoms with Crippen LogP contribution in [0.3, 0.4) is 0 Å². The van der Waals surface area contributed by atoms with Crippen LogP contribution in [0.2, 0.25) is 0 Å². The first-order valence-corrected chi connectivity index (χ1v) is 6.67. The van der Waals surface area contributed by atoms with Gasteiger partial charge in [0.05, 0.1) is 12.1 Å². The molecule has 18 heavy (non-hydrogen) atoms. The van der Waals surface area contributed by atoms with Gasteiger partial charge >= 0.3 is 0 Å². The van der Waals surface area contributed by atoms with E-state index < -0.39 is 5.60 Å². The van der Waals surface area contributed by atoms with E-state index in [0.717, 1.165) is 25.7 Å². The zero-order valence-corrected chi connectivity index (χ0v) is 11.3. The molecule has 0 unspecified atom stereocenters. The van der Waals surface area contributed by atoms with Gasteiger partial charge in [-0.2, -0.15) is 0 Å². The smallest absolute Gasteiger partial charge is 0.239 e. The third-order valence-electron chi connectivity index (χ3n) is 3.29. The van der Waals surface area contributed by atoms with E-state index in [4.69, 9.17) is 0 Å². The summed E-state index contributed by atoms with van der Waals surface area (Å²) in [5, 5.41) is 15.0. The molecule has 1 saturated carbocycles. The number of hydrogen-bond acceptors (Lipinski definition) is 3. The lowest BCUT2D eigenvalue weighted by atomic mass is 9.80. The molecule has 1 aliphatic rings. The summed E-state index contributed by atoms with van der Waals surface area (Å²) in [6.07, 6.45) is 3.78. The largest absolute Gasteiger partial charge is 0.388 e. The second-order valence-corrected chi connectivity index (χ2v) is 5.56. The van der Waals surface area contributed by atoms with Gasteiger partial charge in [0.1, 0.15) is 0 Å². The normalized spacial score (nSPS) is 17.1. The molecule has 2 amide bonds. The summed E-state index contributed by atoms with van der Waals surface area (Å²) >= 11 is 0. The Labute approximate surface area is 108 Å².